The number of piperazine rings is 1. The Bertz CT molecular complexity index is 1190. The maximum atomic E-state index is 13.5. The van der Waals surface area contributed by atoms with Crippen LogP contribution in [0, 0.1) is 0 Å². The van der Waals surface area contributed by atoms with E-state index in [2.05, 4.69) is 5.32 Å². The van der Waals surface area contributed by atoms with Gasteiger partial charge in [-0.2, -0.15) is 0 Å². The maximum absolute atomic E-state index is 13.5. The lowest BCUT2D eigenvalue weighted by Crippen LogP contribution is -2.50. The van der Waals surface area contributed by atoms with Gasteiger partial charge < -0.3 is 29.3 Å². The van der Waals surface area contributed by atoms with E-state index in [0.29, 0.717) is 66.9 Å². The summed E-state index contributed by atoms with van der Waals surface area (Å²) in [5.74, 6) is 1.69. The molecule has 2 aromatic carbocycles. The number of para-hydroxylation sites is 1. The Kier molecular flexibility index (Phi) is 7.01. The van der Waals surface area contributed by atoms with Gasteiger partial charge in [0.2, 0.25) is 0 Å². The van der Waals surface area contributed by atoms with E-state index in [9.17, 15) is 9.59 Å². The van der Waals surface area contributed by atoms with Crippen LogP contribution in [0.15, 0.2) is 48.5 Å². The molecule has 2 amide bonds. The first kappa shape index (κ1) is 23.2. The lowest BCUT2D eigenvalue weighted by atomic mass is 10.1. The van der Waals surface area contributed by atoms with E-state index < -0.39 is 0 Å². The van der Waals surface area contributed by atoms with Crippen LogP contribution in [0.2, 0.25) is 0 Å². The minimum atomic E-state index is -0.344. The number of nitrogens with one attached hydrogen (secondary N) is 1. The Labute approximate surface area is 198 Å². The van der Waals surface area contributed by atoms with Crippen LogP contribution in [0.3, 0.4) is 0 Å². The fourth-order valence-corrected chi connectivity index (χ4v) is 3.93. The van der Waals surface area contributed by atoms with Gasteiger partial charge in [0.1, 0.15) is 17.3 Å². The van der Waals surface area contributed by atoms with Crippen molar-refractivity contribution in [2.75, 3.05) is 52.3 Å². The molecule has 0 bridgehead atoms. The molecule has 9 heteroatoms. The van der Waals surface area contributed by atoms with Crippen molar-refractivity contribution in [3.8, 4) is 11.5 Å². The van der Waals surface area contributed by atoms with Crippen LogP contribution in [0.1, 0.15) is 17.3 Å². The highest BCUT2D eigenvalue weighted by molar-refractivity contribution is 6.07. The average molecular weight is 465 g/mol. The number of rotatable bonds is 6. The molecule has 2 heterocycles. The number of methoxy groups -OCH3 is 2. The van der Waals surface area contributed by atoms with Crippen molar-refractivity contribution in [2.45, 2.75) is 6.92 Å². The number of anilines is 2. The third-order valence-electron chi connectivity index (χ3n) is 5.71. The summed E-state index contributed by atoms with van der Waals surface area (Å²) in [6.45, 7) is 3.84. The second kappa shape index (κ2) is 10.3. The molecule has 0 unspecified atom stereocenters. The van der Waals surface area contributed by atoms with Crippen molar-refractivity contribution in [3.05, 3.63) is 54.1 Å². The summed E-state index contributed by atoms with van der Waals surface area (Å²) < 4.78 is 15.8. The zero-order chi connectivity index (χ0) is 24.1. The first-order valence-corrected chi connectivity index (χ1v) is 11.1. The highest BCUT2D eigenvalue weighted by atomic mass is 16.6. The summed E-state index contributed by atoms with van der Waals surface area (Å²) in [6, 6.07) is 14.7. The largest absolute Gasteiger partial charge is 0.497 e. The molecule has 1 aromatic heterocycles. The van der Waals surface area contributed by atoms with Crippen molar-refractivity contribution >= 4 is 34.4 Å². The third kappa shape index (κ3) is 4.83. The number of benzene rings is 2. The van der Waals surface area contributed by atoms with Gasteiger partial charge in [-0.15, -0.1) is 0 Å². The van der Waals surface area contributed by atoms with Gasteiger partial charge >= 0.3 is 6.09 Å². The molecule has 34 heavy (non-hydrogen) atoms. The van der Waals surface area contributed by atoms with Gasteiger partial charge in [0.25, 0.3) is 5.91 Å². The Morgan fingerprint density at radius 1 is 0.971 bits per heavy atom. The second-order valence-electron chi connectivity index (χ2n) is 7.74. The van der Waals surface area contributed by atoms with E-state index in [0.717, 1.165) is 5.39 Å². The van der Waals surface area contributed by atoms with E-state index >= 15 is 0 Å². The minimum Gasteiger partial charge on any atom is -0.497 e. The zero-order valence-electron chi connectivity index (χ0n) is 19.5. The number of amides is 2. The molecule has 1 N–H and O–H groups in total. The van der Waals surface area contributed by atoms with E-state index in [1.54, 1.807) is 43.1 Å². The molecule has 178 valence electrons. The molecule has 0 atom stereocenters. The predicted octanol–water partition coefficient (Wildman–Crippen LogP) is 3.91. The molecule has 1 fully saturated rings. The molecule has 0 saturated carbocycles. The predicted molar refractivity (Wildman–Crippen MR) is 129 cm³/mol. The molecule has 1 aliphatic rings. The molecule has 1 aliphatic heterocycles. The van der Waals surface area contributed by atoms with Crippen LogP contribution < -0.4 is 14.8 Å². The summed E-state index contributed by atoms with van der Waals surface area (Å²) in [5, 5.41) is 4.04. The van der Waals surface area contributed by atoms with E-state index in [1.807, 2.05) is 36.4 Å². The normalized spacial score (nSPS) is 13.5. The zero-order valence-corrected chi connectivity index (χ0v) is 19.5. The number of fused-ring (bicyclic) bond motifs is 1. The minimum absolute atomic E-state index is 0.105. The summed E-state index contributed by atoms with van der Waals surface area (Å²) in [5.41, 5.74) is 1.95. The van der Waals surface area contributed by atoms with Gasteiger partial charge in [-0.3, -0.25) is 4.79 Å². The number of hydrogen-bond acceptors (Lipinski definition) is 7. The Balaban J connectivity index is 1.61. The van der Waals surface area contributed by atoms with Crippen molar-refractivity contribution in [1.82, 2.24) is 14.8 Å². The molecule has 4 rings (SSSR count). The lowest BCUT2D eigenvalue weighted by Gasteiger charge is -2.34. The summed E-state index contributed by atoms with van der Waals surface area (Å²) in [7, 11) is 3.18. The highest BCUT2D eigenvalue weighted by Crippen LogP contribution is 2.32. The number of nitrogens with zero attached hydrogens (tertiary/aromatic N) is 3. The first-order valence-electron chi connectivity index (χ1n) is 11.1. The van der Waals surface area contributed by atoms with Crippen molar-refractivity contribution in [1.29, 1.82) is 0 Å². The van der Waals surface area contributed by atoms with E-state index in [4.69, 9.17) is 19.2 Å². The van der Waals surface area contributed by atoms with Gasteiger partial charge in [-0.25, -0.2) is 9.78 Å². The Hall–Kier alpha value is -4.01. The fraction of sp³-hybridized carbons (Fsp3) is 0.320. The first-order chi connectivity index (χ1) is 16.5. The van der Waals surface area contributed by atoms with Crippen LogP contribution in [0.4, 0.5) is 16.3 Å². The standard InChI is InChI=1S/C25H28N4O5/c1-4-34-25(31)29-13-11-28(12-14-29)24(30)19-16-23(26-20-8-6-5-7-18(19)20)27-21-10-9-17(32-2)15-22(21)33-3/h5-10,15-16H,4,11-14H2,1-3H3,(H,26,27). The highest BCUT2D eigenvalue weighted by Gasteiger charge is 2.27. The van der Waals surface area contributed by atoms with Crippen molar-refractivity contribution in [3.63, 3.8) is 0 Å². The van der Waals surface area contributed by atoms with Gasteiger partial charge in [-0.05, 0) is 31.2 Å². The smallest absolute Gasteiger partial charge is 0.409 e. The summed E-state index contributed by atoms with van der Waals surface area (Å²) >= 11 is 0. The number of ether oxygens (including phenoxy) is 3. The van der Waals surface area contributed by atoms with Gasteiger partial charge in [0, 0.05) is 37.6 Å². The number of carbonyl (C=O) groups is 2. The van der Waals surface area contributed by atoms with Crippen LogP contribution >= 0.6 is 0 Å². The van der Waals surface area contributed by atoms with Crippen LogP contribution in [-0.4, -0.2) is 73.8 Å². The molecule has 1 saturated heterocycles. The number of pyridine rings is 1. The monoisotopic (exact) mass is 464 g/mol. The van der Waals surface area contributed by atoms with E-state index in [-0.39, 0.29) is 12.0 Å². The second-order valence-corrected chi connectivity index (χ2v) is 7.74. The molecule has 0 aliphatic carbocycles. The number of carbonyl (C=O) groups excluding carboxylic acids is 2. The van der Waals surface area contributed by atoms with Crippen LogP contribution in [0.5, 0.6) is 11.5 Å². The van der Waals surface area contributed by atoms with Crippen LogP contribution in [-0.2, 0) is 4.74 Å². The van der Waals surface area contributed by atoms with Crippen molar-refractivity contribution in [2.24, 2.45) is 0 Å². The molecule has 0 radical (unpaired) electrons. The molecule has 9 nitrogen and oxygen atoms in total. The van der Waals surface area contributed by atoms with Crippen molar-refractivity contribution < 1.29 is 23.8 Å². The lowest BCUT2D eigenvalue weighted by molar-refractivity contribution is 0.0572. The maximum Gasteiger partial charge on any atom is 0.409 e. The average Bonchev–Trinajstić information content (AvgIpc) is 2.88. The number of hydrogen-bond donors (Lipinski definition) is 1. The topological polar surface area (TPSA) is 93.2 Å². The number of aromatic nitrogens is 1. The Morgan fingerprint density at radius 3 is 2.41 bits per heavy atom. The third-order valence-corrected chi connectivity index (χ3v) is 5.71. The van der Waals surface area contributed by atoms with Crippen LogP contribution in [0.25, 0.3) is 10.9 Å². The molecule has 0 spiro atoms. The Morgan fingerprint density at radius 2 is 1.71 bits per heavy atom. The van der Waals surface area contributed by atoms with E-state index in [1.165, 1.54) is 0 Å². The summed E-state index contributed by atoms with van der Waals surface area (Å²) in [6.07, 6.45) is -0.344. The summed E-state index contributed by atoms with van der Waals surface area (Å²) in [4.78, 5) is 33.6. The van der Waals surface area contributed by atoms with Gasteiger partial charge in [0.15, 0.2) is 0 Å². The van der Waals surface area contributed by atoms with Gasteiger partial charge in [-0.1, -0.05) is 18.2 Å². The molecule has 3 aromatic rings. The van der Waals surface area contributed by atoms with Gasteiger partial charge in [0.05, 0.1) is 37.6 Å². The fourth-order valence-electron chi connectivity index (χ4n) is 3.93. The molecular weight excluding hydrogens is 436 g/mol. The quantitative estimate of drug-likeness (QED) is 0.591. The molecular formula is C25H28N4O5. The SMILES string of the molecule is CCOC(=O)N1CCN(C(=O)c2cc(Nc3ccc(OC)cc3OC)nc3ccccc23)CC1.